The Morgan fingerprint density at radius 1 is 1.35 bits per heavy atom. The van der Waals surface area contributed by atoms with Gasteiger partial charge in [0.25, 0.3) is 10.0 Å². The SMILES string of the molecule is CC1=NN(C(=O)NS(=O)(=O)c2c(Cl)cccc2Cl)CC1. The molecule has 1 N–H and O–H groups in total. The van der Waals surface area contributed by atoms with Gasteiger partial charge in [0, 0.05) is 12.1 Å². The molecule has 0 atom stereocenters. The van der Waals surface area contributed by atoms with Crippen LogP contribution in [-0.2, 0) is 10.0 Å². The average molecular weight is 336 g/mol. The van der Waals surface area contributed by atoms with Crippen LogP contribution in [0.5, 0.6) is 0 Å². The van der Waals surface area contributed by atoms with Crippen LogP contribution in [0.15, 0.2) is 28.2 Å². The summed E-state index contributed by atoms with van der Waals surface area (Å²) in [5, 5.41) is 4.86. The minimum absolute atomic E-state index is 0.0566. The molecule has 0 aliphatic carbocycles. The second-order valence-electron chi connectivity index (χ2n) is 4.17. The average Bonchev–Trinajstić information content (AvgIpc) is 2.74. The van der Waals surface area contributed by atoms with Gasteiger partial charge < -0.3 is 0 Å². The Kier molecular flexibility index (Phi) is 4.22. The van der Waals surface area contributed by atoms with Crippen LogP contribution in [-0.4, -0.2) is 31.7 Å². The zero-order valence-electron chi connectivity index (χ0n) is 10.4. The molecule has 0 aromatic heterocycles. The van der Waals surface area contributed by atoms with Crippen LogP contribution in [0.25, 0.3) is 0 Å². The number of halogens is 2. The maximum atomic E-state index is 12.1. The third-order valence-corrected chi connectivity index (χ3v) is 4.90. The minimum atomic E-state index is -4.15. The van der Waals surface area contributed by atoms with Crippen LogP contribution in [0.1, 0.15) is 13.3 Å². The van der Waals surface area contributed by atoms with E-state index in [0.29, 0.717) is 13.0 Å². The van der Waals surface area contributed by atoms with Gasteiger partial charge >= 0.3 is 6.03 Å². The molecule has 1 aliphatic heterocycles. The van der Waals surface area contributed by atoms with Crippen molar-refractivity contribution in [2.45, 2.75) is 18.2 Å². The largest absolute Gasteiger partial charge is 0.351 e. The van der Waals surface area contributed by atoms with E-state index in [-0.39, 0.29) is 14.9 Å². The Balaban J connectivity index is 2.26. The first-order valence-electron chi connectivity index (χ1n) is 5.63. The van der Waals surface area contributed by atoms with Crippen molar-refractivity contribution in [2.24, 2.45) is 5.10 Å². The minimum Gasteiger partial charge on any atom is -0.246 e. The maximum absolute atomic E-state index is 12.1. The van der Waals surface area contributed by atoms with Crippen LogP contribution in [0, 0.1) is 0 Å². The number of nitrogens with zero attached hydrogens (tertiary/aromatic N) is 2. The summed E-state index contributed by atoms with van der Waals surface area (Å²) in [6, 6.07) is 3.44. The van der Waals surface area contributed by atoms with Crippen molar-refractivity contribution in [2.75, 3.05) is 6.54 Å². The first-order chi connectivity index (χ1) is 9.31. The van der Waals surface area contributed by atoms with Gasteiger partial charge in [-0.15, -0.1) is 0 Å². The van der Waals surface area contributed by atoms with Gasteiger partial charge in [-0.2, -0.15) is 5.10 Å². The van der Waals surface area contributed by atoms with E-state index in [4.69, 9.17) is 23.2 Å². The fourth-order valence-electron chi connectivity index (χ4n) is 1.68. The zero-order valence-corrected chi connectivity index (χ0v) is 12.8. The lowest BCUT2D eigenvalue weighted by Gasteiger charge is -2.14. The quantitative estimate of drug-likeness (QED) is 0.901. The molecule has 1 aliphatic rings. The third-order valence-electron chi connectivity index (χ3n) is 2.62. The number of amides is 2. The molecule has 108 valence electrons. The molecule has 0 saturated heterocycles. The Labute approximate surface area is 126 Å². The second-order valence-corrected chi connectivity index (χ2v) is 6.60. The highest BCUT2D eigenvalue weighted by Crippen LogP contribution is 2.28. The van der Waals surface area contributed by atoms with Crippen molar-refractivity contribution in [3.63, 3.8) is 0 Å². The molecule has 6 nitrogen and oxygen atoms in total. The molecular formula is C11H11Cl2N3O3S. The molecule has 1 aromatic rings. The van der Waals surface area contributed by atoms with Crippen molar-refractivity contribution in [1.82, 2.24) is 9.73 Å². The molecule has 0 spiro atoms. The van der Waals surface area contributed by atoms with Gasteiger partial charge in [-0.3, -0.25) is 0 Å². The molecule has 2 rings (SSSR count). The Morgan fingerprint density at radius 3 is 2.45 bits per heavy atom. The number of benzene rings is 1. The summed E-state index contributed by atoms with van der Waals surface area (Å²) in [7, 11) is -4.15. The lowest BCUT2D eigenvalue weighted by atomic mass is 10.3. The van der Waals surface area contributed by atoms with Crippen LogP contribution >= 0.6 is 23.2 Å². The van der Waals surface area contributed by atoms with E-state index < -0.39 is 16.1 Å². The molecular weight excluding hydrogens is 325 g/mol. The Morgan fingerprint density at radius 2 is 1.95 bits per heavy atom. The van der Waals surface area contributed by atoms with E-state index in [0.717, 1.165) is 10.7 Å². The first kappa shape index (κ1) is 15.1. The molecule has 1 aromatic carbocycles. The van der Waals surface area contributed by atoms with Crippen molar-refractivity contribution in [1.29, 1.82) is 0 Å². The summed E-state index contributed by atoms with van der Waals surface area (Å²) in [5.74, 6) is 0. The lowest BCUT2D eigenvalue weighted by molar-refractivity contribution is 0.211. The normalized spacial score (nSPS) is 15.2. The number of carbonyl (C=O) groups is 1. The summed E-state index contributed by atoms with van der Waals surface area (Å²) < 4.78 is 26.2. The number of urea groups is 1. The Hall–Kier alpha value is -1.31. The molecule has 2 amide bonds. The number of carbonyl (C=O) groups excluding carboxylic acids is 1. The summed E-state index contributed by atoms with van der Waals surface area (Å²) >= 11 is 11.6. The number of hydrogen-bond acceptors (Lipinski definition) is 4. The fraction of sp³-hybridized carbons (Fsp3) is 0.273. The highest BCUT2D eigenvalue weighted by molar-refractivity contribution is 7.90. The topological polar surface area (TPSA) is 78.8 Å². The number of sulfonamides is 1. The maximum Gasteiger partial charge on any atom is 0.351 e. The number of hydrogen-bond donors (Lipinski definition) is 1. The van der Waals surface area contributed by atoms with Crippen LogP contribution < -0.4 is 4.72 Å². The van der Waals surface area contributed by atoms with E-state index in [1.807, 2.05) is 4.72 Å². The van der Waals surface area contributed by atoms with Gasteiger partial charge in [0.2, 0.25) is 0 Å². The number of nitrogens with one attached hydrogen (secondary N) is 1. The van der Waals surface area contributed by atoms with Crippen LogP contribution in [0.3, 0.4) is 0 Å². The van der Waals surface area contributed by atoms with E-state index >= 15 is 0 Å². The van der Waals surface area contributed by atoms with E-state index in [2.05, 4.69) is 5.10 Å². The Bertz CT molecular complexity index is 668. The van der Waals surface area contributed by atoms with Gasteiger partial charge in [-0.05, 0) is 19.1 Å². The number of hydrazone groups is 1. The number of rotatable bonds is 2. The van der Waals surface area contributed by atoms with Crippen molar-refractivity contribution >= 4 is 45.0 Å². The molecule has 0 unspecified atom stereocenters. The highest BCUT2D eigenvalue weighted by Gasteiger charge is 2.27. The molecule has 1 heterocycles. The van der Waals surface area contributed by atoms with Gasteiger partial charge in [0.05, 0.1) is 16.6 Å². The zero-order chi connectivity index (χ0) is 14.9. The van der Waals surface area contributed by atoms with E-state index in [1.165, 1.54) is 18.2 Å². The van der Waals surface area contributed by atoms with E-state index in [1.54, 1.807) is 6.92 Å². The van der Waals surface area contributed by atoms with Crippen molar-refractivity contribution in [3.05, 3.63) is 28.2 Å². The summed E-state index contributed by atoms with van der Waals surface area (Å²) in [5.41, 5.74) is 0.758. The lowest BCUT2D eigenvalue weighted by Crippen LogP contribution is -2.39. The highest BCUT2D eigenvalue weighted by atomic mass is 35.5. The molecule has 0 radical (unpaired) electrons. The van der Waals surface area contributed by atoms with Gasteiger partial charge in [0.1, 0.15) is 4.90 Å². The molecule has 0 bridgehead atoms. The van der Waals surface area contributed by atoms with Gasteiger partial charge in [0.15, 0.2) is 0 Å². The van der Waals surface area contributed by atoms with Crippen LogP contribution in [0.2, 0.25) is 10.0 Å². The molecule has 9 heteroatoms. The summed E-state index contributed by atoms with van der Waals surface area (Å²) in [6.07, 6.45) is 0.611. The second kappa shape index (κ2) is 5.59. The predicted octanol–water partition coefficient (Wildman–Crippen LogP) is 2.47. The summed E-state index contributed by atoms with van der Waals surface area (Å²) in [6.45, 7) is 2.09. The summed E-state index contributed by atoms with van der Waals surface area (Å²) in [4.78, 5) is 11.5. The fourth-order valence-corrected chi connectivity index (χ4v) is 3.77. The smallest absolute Gasteiger partial charge is 0.246 e. The van der Waals surface area contributed by atoms with Crippen LogP contribution in [0.4, 0.5) is 4.79 Å². The third kappa shape index (κ3) is 3.05. The van der Waals surface area contributed by atoms with Gasteiger partial charge in [-0.1, -0.05) is 29.3 Å². The van der Waals surface area contributed by atoms with Gasteiger partial charge in [-0.25, -0.2) is 22.9 Å². The standard InChI is InChI=1S/C11H11Cl2N3O3S/c1-7-5-6-16(14-7)11(17)15-20(18,19)10-8(12)3-2-4-9(10)13/h2-4H,5-6H2,1H3,(H,15,17). The molecule has 0 fully saturated rings. The predicted molar refractivity (Wildman–Crippen MR) is 76.6 cm³/mol. The monoisotopic (exact) mass is 335 g/mol. The van der Waals surface area contributed by atoms with Crippen molar-refractivity contribution < 1.29 is 13.2 Å². The van der Waals surface area contributed by atoms with Crippen molar-refractivity contribution in [3.8, 4) is 0 Å². The van der Waals surface area contributed by atoms with E-state index in [9.17, 15) is 13.2 Å². The molecule has 20 heavy (non-hydrogen) atoms. The molecule has 0 saturated carbocycles. The first-order valence-corrected chi connectivity index (χ1v) is 7.87.